The van der Waals surface area contributed by atoms with Crippen molar-refractivity contribution < 1.29 is 22.8 Å². The second-order valence-electron chi connectivity index (χ2n) is 9.47. The number of rotatable bonds is 10. The lowest BCUT2D eigenvalue weighted by Crippen LogP contribution is -2.24. The van der Waals surface area contributed by atoms with Gasteiger partial charge in [-0.15, -0.1) is 0 Å². The molecule has 0 fully saturated rings. The van der Waals surface area contributed by atoms with E-state index in [1.807, 2.05) is 6.08 Å². The van der Waals surface area contributed by atoms with Gasteiger partial charge < -0.3 is 21.9 Å². The van der Waals surface area contributed by atoms with Crippen LogP contribution in [0.25, 0.3) is 0 Å². The molecule has 8 nitrogen and oxygen atoms in total. The number of allylic oxidation sites excluding steroid dienone is 6. The number of alkyl halides is 3. The van der Waals surface area contributed by atoms with Crippen molar-refractivity contribution in [2.45, 2.75) is 72.4 Å². The van der Waals surface area contributed by atoms with Crippen LogP contribution in [-0.2, 0) is 10.9 Å². The number of hydrogen-bond acceptors (Lipinski definition) is 7. The predicted molar refractivity (Wildman–Crippen MR) is 167 cm³/mol. The van der Waals surface area contributed by atoms with Gasteiger partial charge in [0.2, 0.25) is 0 Å². The molecule has 234 valence electrons. The molecule has 1 aliphatic heterocycles. The summed E-state index contributed by atoms with van der Waals surface area (Å²) in [6.45, 7) is 13.3. The quantitative estimate of drug-likeness (QED) is 0.0825. The van der Waals surface area contributed by atoms with Gasteiger partial charge in [0.15, 0.2) is 0 Å². The second-order valence-corrected chi connectivity index (χ2v) is 9.47. The number of unbranched alkanes of at least 4 members (excludes halogenated alkanes) is 1. The zero-order valence-electron chi connectivity index (χ0n) is 25.3. The molecule has 0 saturated heterocycles. The number of nitro benzene ring substituents is 1. The molecule has 0 saturated carbocycles. The van der Waals surface area contributed by atoms with Gasteiger partial charge in [0.05, 0.1) is 21.9 Å². The maximum Gasteiger partial charge on any atom is 0.418 e. The molecule has 2 rings (SSSR count). The smallest absolute Gasteiger partial charge is 0.398 e. The molecular formula is C31H46F3N5O3. The highest BCUT2D eigenvalue weighted by Gasteiger charge is 2.34. The summed E-state index contributed by atoms with van der Waals surface area (Å²) in [6.07, 6.45) is 11.8. The van der Waals surface area contributed by atoms with Crippen LogP contribution >= 0.6 is 0 Å². The third kappa shape index (κ3) is 14.2. The van der Waals surface area contributed by atoms with Gasteiger partial charge in [-0.3, -0.25) is 10.1 Å². The van der Waals surface area contributed by atoms with Crippen LogP contribution in [0, 0.1) is 16.0 Å². The average Bonchev–Trinajstić information content (AvgIpc) is 2.94. The molecule has 0 radical (unpaired) electrons. The number of nitrogens with two attached hydrogens (primary N) is 3. The van der Waals surface area contributed by atoms with Crippen molar-refractivity contribution in [3.63, 3.8) is 0 Å². The summed E-state index contributed by atoms with van der Waals surface area (Å²) in [7, 11) is 1.73. The Morgan fingerprint density at radius 2 is 1.90 bits per heavy atom. The number of hydrogen-bond donors (Lipinski definition) is 3. The average molecular weight is 594 g/mol. The van der Waals surface area contributed by atoms with Crippen LogP contribution in [0.15, 0.2) is 82.7 Å². The van der Waals surface area contributed by atoms with E-state index in [2.05, 4.69) is 57.5 Å². The molecule has 42 heavy (non-hydrogen) atoms. The van der Waals surface area contributed by atoms with Gasteiger partial charge in [0.1, 0.15) is 5.84 Å². The second kappa shape index (κ2) is 20.1. The van der Waals surface area contributed by atoms with E-state index in [0.717, 1.165) is 55.7 Å². The number of nitrogens with zero attached hydrogens (tertiary/aromatic N) is 2. The molecule has 0 aromatic heterocycles. The molecule has 1 heterocycles. The van der Waals surface area contributed by atoms with Crippen LogP contribution in [0.4, 0.5) is 24.5 Å². The summed E-state index contributed by atoms with van der Waals surface area (Å²) >= 11 is 0. The van der Waals surface area contributed by atoms with E-state index in [-0.39, 0.29) is 0 Å². The Kier molecular flexibility index (Phi) is 18.2. The molecule has 1 atom stereocenters. The number of benzene rings is 1. The van der Waals surface area contributed by atoms with Gasteiger partial charge in [-0.05, 0) is 48.8 Å². The lowest BCUT2D eigenvalue weighted by molar-refractivity contribution is -0.385. The Morgan fingerprint density at radius 3 is 2.38 bits per heavy atom. The zero-order valence-corrected chi connectivity index (χ0v) is 25.3. The Morgan fingerprint density at radius 1 is 1.24 bits per heavy atom. The van der Waals surface area contributed by atoms with Crippen LogP contribution in [0.3, 0.4) is 0 Å². The van der Waals surface area contributed by atoms with Crippen molar-refractivity contribution >= 4 is 17.2 Å². The fourth-order valence-corrected chi connectivity index (χ4v) is 3.43. The van der Waals surface area contributed by atoms with Crippen LogP contribution in [0.5, 0.6) is 0 Å². The van der Waals surface area contributed by atoms with Gasteiger partial charge in [-0.2, -0.15) is 13.2 Å². The number of nitro groups is 1. The van der Waals surface area contributed by atoms with E-state index in [1.165, 1.54) is 18.4 Å². The fraction of sp³-hybridized carbons (Fsp3) is 0.452. The first kappa shape index (κ1) is 38.1. The topological polar surface area (TPSA) is 143 Å². The van der Waals surface area contributed by atoms with Gasteiger partial charge >= 0.3 is 6.18 Å². The number of anilines is 1. The summed E-state index contributed by atoms with van der Waals surface area (Å²) in [5, 5.41) is 10.2. The van der Waals surface area contributed by atoms with Crippen LogP contribution < -0.4 is 17.2 Å². The number of ether oxygens (including phenoxy) is 1. The summed E-state index contributed by atoms with van der Waals surface area (Å²) in [5.41, 5.74) is 18.6. The van der Waals surface area contributed by atoms with Gasteiger partial charge in [-0.1, -0.05) is 77.5 Å². The molecule has 0 amide bonds. The number of aliphatic imine (C=N–C) groups is 1. The molecule has 0 bridgehead atoms. The summed E-state index contributed by atoms with van der Waals surface area (Å²) in [5.74, 6) is 0.940. The highest BCUT2D eigenvalue weighted by Crippen LogP contribution is 2.35. The summed E-state index contributed by atoms with van der Waals surface area (Å²) < 4.78 is 41.4. The van der Waals surface area contributed by atoms with E-state index < -0.39 is 28.0 Å². The number of amidine groups is 1. The van der Waals surface area contributed by atoms with Crippen LogP contribution in [0.1, 0.15) is 71.8 Å². The van der Waals surface area contributed by atoms with Gasteiger partial charge in [-0.25, -0.2) is 4.99 Å². The molecule has 0 spiro atoms. The van der Waals surface area contributed by atoms with Crippen molar-refractivity contribution in [2.75, 3.05) is 19.5 Å². The van der Waals surface area contributed by atoms with E-state index in [9.17, 15) is 23.3 Å². The minimum absolute atomic E-state index is 0.412. The van der Waals surface area contributed by atoms with Crippen molar-refractivity contribution in [3.8, 4) is 0 Å². The maximum atomic E-state index is 12.2. The first-order valence-electron chi connectivity index (χ1n) is 13.9. The van der Waals surface area contributed by atoms with Crippen LogP contribution in [0.2, 0.25) is 0 Å². The Hall–Kier alpha value is -3.86. The van der Waals surface area contributed by atoms with E-state index in [1.54, 1.807) is 13.2 Å². The molecule has 11 heteroatoms. The van der Waals surface area contributed by atoms with Crippen molar-refractivity contribution in [2.24, 2.45) is 22.4 Å². The first-order valence-corrected chi connectivity index (χ1v) is 13.9. The largest absolute Gasteiger partial charge is 0.418 e. The maximum absolute atomic E-state index is 12.2. The molecule has 6 N–H and O–H groups in total. The minimum Gasteiger partial charge on any atom is -0.398 e. The number of non-ortho nitro benzene ring substituents is 1. The third-order valence-corrected chi connectivity index (χ3v) is 6.20. The van der Waals surface area contributed by atoms with Crippen molar-refractivity contribution in [1.29, 1.82) is 0 Å². The normalized spacial score (nSPS) is 19.0. The SMILES string of the molecule is C=C/C=C(\C=C/C(C)CC)C1=C/CC/C(CC)=C(N)\C(N)=N\1.CCCCOC.Nc1ccc([N+](=O)[O-])cc1C(F)(F)F. The minimum atomic E-state index is -4.67. The first-order chi connectivity index (χ1) is 19.8. The monoisotopic (exact) mass is 593 g/mol. The van der Waals surface area contributed by atoms with E-state index in [0.29, 0.717) is 23.5 Å². The number of halogens is 3. The molecule has 1 unspecified atom stereocenters. The molecule has 1 aromatic rings. The standard InChI is InChI=1S/C19H29N3.C7H5F3N2O2.C5H12O/c1-5-9-16(13-12-14(4)6-2)17-11-8-10-15(7-3)18(20)19(21)22-17;8-7(9,10)5-3-4(12(13)14)1-2-6(5)11;1-3-4-5-6-2/h5,9,11-14H,1,6-8,10,20H2,2-4H3,(H2,21,22);1-3H,11H2;3-5H2,1-2H3/b13-12-,16-9+,17-11-,18-15+;;. The molecular weight excluding hydrogens is 547 g/mol. The molecule has 1 aliphatic rings. The van der Waals surface area contributed by atoms with E-state index in [4.69, 9.17) is 21.9 Å². The lowest BCUT2D eigenvalue weighted by Gasteiger charge is -2.14. The zero-order chi connectivity index (χ0) is 32.3. The summed E-state index contributed by atoms with van der Waals surface area (Å²) in [4.78, 5) is 13.8. The van der Waals surface area contributed by atoms with Crippen molar-refractivity contribution in [3.05, 3.63) is 93.4 Å². The lowest BCUT2D eigenvalue weighted by atomic mass is 10.0. The Bertz CT molecular complexity index is 1160. The number of nitrogen functional groups attached to an aromatic ring is 1. The highest BCUT2D eigenvalue weighted by molar-refractivity contribution is 5.97. The van der Waals surface area contributed by atoms with Crippen LogP contribution in [-0.4, -0.2) is 24.5 Å². The van der Waals surface area contributed by atoms with Crippen molar-refractivity contribution in [1.82, 2.24) is 0 Å². The van der Waals surface area contributed by atoms with Gasteiger partial charge in [0, 0.05) is 31.5 Å². The predicted octanol–water partition coefficient (Wildman–Crippen LogP) is 7.99. The number of methoxy groups -OCH3 is 1. The Balaban J connectivity index is 0.000000713. The summed E-state index contributed by atoms with van der Waals surface area (Å²) in [6, 6.07) is 2.20. The third-order valence-electron chi connectivity index (χ3n) is 6.20. The van der Waals surface area contributed by atoms with E-state index >= 15 is 0 Å². The molecule has 1 aromatic carbocycles. The fourth-order valence-electron chi connectivity index (χ4n) is 3.43. The Labute approximate surface area is 247 Å². The molecule has 0 aliphatic carbocycles. The highest BCUT2D eigenvalue weighted by atomic mass is 19.4. The van der Waals surface area contributed by atoms with Gasteiger partial charge in [0.25, 0.3) is 5.69 Å².